The number of ether oxygens (including phenoxy) is 1. The Balaban J connectivity index is 2.13. The van der Waals surface area contributed by atoms with Crippen LogP contribution in [0.2, 0.25) is 0 Å². The lowest BCUT2D eigenvalue weighted by Gasteiger charge is -2.09. The molecular formula is C16H21N3O2S2. The van der Waals surface area contributed by atoms with Crippen LogP contribution < -0.4 is 10.1 Å². The first-order chi connectivity index (χ1) is 11.1. The lowest BCUT2D eigenvalue weighted by Crippen LogP contribution is -2.13. The molecule has 0 radical (unpaired) electrons. The first kappa shape index (κ1) is 17.7. The summed E-state index contributed by atoms with van der Waals surface area (Å²) in [5.41, 5.74) is 0.489. The quantitative estimate of drug-likeness (QED) is 0.748. The van der Waals surface area contributed by atoms with Gasteiger partial charge < -0.3 is 4.74 Å². The third kappa shape index (κ3) is 4.45. The smallest absolute Gasteiger partial charge is 0.261 e. The summed E-state index contributed by atoms with van der Waals surface area (Å²) in [6.45, 7) is 4.27. The monoisotopic (exact) mass is 351 g/mol. The highest BCUT2D eigenvalue weighted by Crippen LogP contribution is 2.28. The molecule has 0 saturated carbocycles. The van der Waals surface area contributed by atoms with Crippen molar-refractivity contribution in [2.24, 2.45) is 0 Å². The number of hydrogen-bond acceptors (Lipinski definition) is 6. The second-order valence-electron chi connectivity index (χ2n) is 5.16. The Hall–Kier alpha value is -1.60. The minimum absolute atomic E-state index is 0.236. The summed E-state index contributed by atoms with van der Waals surface area (Å²) in [5.74, 6) is 0.678. The second-order valence-corrected chi connectivity index (χ2v) is 7.04. The van der Waals surface area contributed by atoms with Gasteiger partial charge >= 0.3 is 0 Å². The molecular weight excluding hydrogens is 330 g/mol. The Morgan fingerprint density at radius 2 is 2.22 bits per heavy atom. The van der Waals surface area contributed by atoms with Crippen LogP contribution >= 0.6 is 23.1 Å². The highest BCUT2D eigenvalue weighted by Gasteiger charge is 2.17. The summed E-state index contributed by atoms with van der Waals surface area (Å²) in [7, 11) is 1.56. The molecule has 1 heterocycles. The fraction of sp³-hybridized carbons (Fsp3) is 0.438. The SMILES string of the molecule is CCC[C@H](C)c1nnc(NC(=O)c2ccc(SC)cc2OC)s1. The maximum Gasteiger partial charge on any atom is 0.261 e. The number of carbonyl (C=O) groups is 1. The number of nitrogens with zero attached hydrogens (tertiary/aromatic N) is 2. The molecule has 0 fully saturated rings. The molecule has 1 atom stereocenters. The van der Waals surface area contributed by atoms with E-state index in [2.05, 4.69) is 29.4 Å². The summed E-state index contributed by atoms with van der Waals surface area (Å²) >= 11 is 3.03. The molecule has 0 aliphatic carbocycles. The number of rotatable bonds is 7. The van der Waals surface area contributed by atoms with Crippen LogP contribution in [0, 0.1) is 0 Å². The van der Waals surface area contributed by atoms with Crippen LogP contribution in [0.5, 0.6) is 5.75 Å². The van der Waals surface area contributed by atoms with E-state index in [1.54, 1.807) is 24.9 Å². The Morgan fingerprint density at radius 3 is 2.87 bits per heavy atom. The molecule has 1 N–H and O–H groups in total. The van der Waals surface area contributed by atoms with E-state index in [0.717, 1.165) is 22.7 Å². The van der Waals surface area contributed by atoms with Gasteiger partial charge in [-0.15, -0.1) is 22.0 Å². The molecule has 0 aliphatic heterocycles. The summed E-state index contributed by atoms with van der Waals surface area (Å²) in [4.78, 5) is 13.5. The number of anilines is 1. The Kier molecular flexibility index (Phi) is 6.41. The summed E-state index contributed by atoms with van der Waals surface area (Å²) in [5, 5.41) is 12.5. The molecule has 0 unspecified atom stereocenters. The summed E-state index contributed by atoms with van der Waals surface area (Å²) in [6.07, 6.45) is 4.14. The average molecular weight is 351 g/mol. The molecule has 0 bridgehead atoms. The van der Waals surface area contributed by atoms with Crippen LogP contribution in [0.1, 0.15) is 48.0 Å². The van der Waals surface area contributed by atoms with Gasteiger partial charge in [-0.1, -0.05) is 31.6 Å². The largest absolute Gasteiger partial charge is 0.496 e. The molecule has 1 aromatic carbocycles. The number of nitrogens with one attached hydrogen (secondary N) is 1. The van der Waals surface area contributed by atoms with Gasteiger partial charge in [0, 0.05) is 10.8 Å². The lowest BCUT2D eigenvalue weighted by molar-refractivity contribution is 0.102. The Morgan fingerprint density at radius 1 is 1.43 bits per heavy atom. The Labute approximate surface area is 144 Å². The molecule has 2 aromatic rings. The third-order valence-corrected chi connectivity index (χ3v) is 5.25. The van der Waals surface area contributed by atoms with E-state index in [-0.39, 0.29) is 5.91 Å². The van der Waals surface area contributed by atoms with Crippen molar-refractivity contribution in [3.63, 3.8) is 0 Å². The van der Waals surface area contributed by atoms with Crippen LogP contribution in [0.3, 0.4) is 0 Å². The van der Waals surface area contributed by atoms with Gasteiger partial charge in [0.1, 0.15) is 10.8 Å². The van der Waals surface area contributed by atoms with Gasteiger partial charge in [0.25, 0.3) is 5.91 Å². The first-order valence-corrected chi connectivity index (χ1v) is 9.49. The number of hydrogen-bond donors (Lipinski definition) is 1. The molecule has 2 rings (SSSR count). The number of thioether (sulfide) groups is 1. The fourth-order valence-electron chi connectivity index (χ4n) is 2.19. The Bertz CT molecular complexity index is 673. The molecule has 1 aromatic heterocycles. The molecule has 7 heteroatoms. The molecule has 23 heavy (non-hydrogen) atoms. The molecule has 1 amide bonds. The van der Waals surface area contributed by atoms with Crippen LogP contribution in [-0.2, 0) is 0 Å². The number of benzene rings is 1. The predicted molar refractivity (Wildman–Crippen MR) is 96.0 cm³/mol. The zero-order valence-corrected chi connectivity index (χ0v) is 15.4. The summed E-state index contributed by atoms with van der Waals surface area (Å²) < 4.78 is 5.32. The maximum absolute atomic E-state index is 12.4. The molecule has 5 nitrogen and oxygen atoms in total. The normalized spacial score (nSPS) is 12.0. The van der Waals surface area contributed by atoms with Gasteiger partial charge in [-0.2, -0.15) is 0 Å². The highest BCUT2D eigenvalue weighted by molar-refractivity contribution is 7.98. The zero-order valence-electron chi connectivity index (χ0n) is 13.8. The fourth-order valence-corrected chi connectivity index (χ4v) is 3.44. The van der Waals surface area contributed by atoms with E-state index >= 15 is 0 Å². The maximum atomic E-state index is 12.4. The number of methoxy groups -OCH3 is 1. The van der Waals surface area contributed by atoms with Gasteiger partial charge in [0.2, 0.25) is 5.13 Å². The lowest BCUT2D eigenvalue weighted by atomic mass is 10.1. The standard InChI is InChI=1S/C16H21N3O2S2/c1-5-6-10(2)15-18-19-16(23-15)17-14(20)12-8-7-11(22-4)9-13(12)21-3/h7-10H,5-6H2,1-4H3,(H,17,19,20)/t10-/m0/s1. The molecule has 124 valence electrons. The van der Waals surface area contributed by atoms with Crippen LogP contribution in [-0.4, -0.2) is 29.5 Å². The van der Waals surface area contributed by atoms with Gasteiger partial charge in [0.05, 0.1) is 12.7 Å². The van der Waals surface area contributed by atoms with Crippen molar-refractivity contribution in [3.8, 4) is 5.75 Å². The minimum Gasteiger partial charge on any atom is -0.496 e. The van der Waals surface area contributed by atoms with Gasteiger partial charge in [-0.25, -0.2) is 0 Å². The van der Waals surface area contributed by atoms with E-state index in [4.69, 9.17) is 4.74 Å². The molecule has 0 saturated heterocycles. The van der Waals surface area contributed by atoms with E-state index in [0.29, 0.717) is 22.4 Å². The van der Waals surface area contributed by atoms with E-state index < -0.39 is 0 Å². The van der Waals surface area contributed by atoms with Crippen LogP contribution in [0.15, 0.2) is 23.1 Å². The van der Waals surface area contributed by atoms with Crippen molar-refractivity contribution < 1.29 is 9.53 Å². The van der Waals surface area contributed by atoms with Gasteiger partial charge in [-0.3, -0.25) is 10.1 Å². The van der Waals surface area contributed by atoms with E-state index in [9.17, 15) is 4.79 Å². The number of amides is 1. The van der Waals surface area contributed by atoms with E-state index in [1.165, 1.54) is 11.3 Å². The summed E-state index contributed by atoms with van der Waals surface area (Å²) in [6, 6.07) is 5.52. The van der Waals surface area contributed by atoms with E-state index in [1.807, 2.05) is 18.4 Å². The minimum atomic E-state index is -0.236. The van der Waals surface area contributed by atoms with Crippen molar-refractivity contribution in [3.05, 3.63) is 28.8 Å². The third-order valence-electron chi connectivity index (χ3n) is 3.46. The van der Waals surface area contributed by atoms with Crippen molar-refractivity contribution in [2.45, 2.75) is 37.5 Å². The second kappa shape index (κ2) is 8.31. The van der Waals surface area contributed by atoms with Crippen molar-refractivity contribution in [1.82, 2.24) is 10.2 Å². The average Bonchev–Trinajstić information content (AvgIpc) is 3.02. The molecule has 0 spiro atoms. The first-order valence-electron chi connectivity index (χ1n) is 7.45. The topological polar surface area (TPSA) is 64.1 Å². The number of carbonyl (C=O) groups excluding carboxylic acids is 1. The molecule has 0 aliphatic rings. The highest BCUT2D eigenvalue weighted by atomic mass is 32.2. The number of aromatic nitrogens is 2. The van der Waals surface area contributed by atoms with Gasteiger partial charge in [0.15, 0.2) is 0 Å². The predicted octanol–water partition coefficient (Wildman–Crippen LogP) is 4.42. The van der Waals surface area contributed by atoms with Crippen molar-refractivity contribution in [2.75, 3.05) is 18.7 Å². The van der Waals surface area contributed by atoms with Crippen molar-refractivity contribution >= 4 is 34.1 Å². The van der Waals surface area contributed by atoms with Crippen molar-refractivity contribution in [1.29, 1.82) is 0 Å². The van der Waals surface area contributed by atoms with Crippen LogP contribution in [0.4, 0.5) is 5.13 Å². The zero-order chi connectivity index (χ0) is 16.8. The van der Waals surface area contributed by atoms with Crippen LogP contribution in [0.25, 0.3) is 0 Å². The van der Waals surface area contributed by atoms with Gasteiger partial charge in [-0.05, 0) is 30.9 Å².